The minimum absolute atomic E-state index is 0.0895. The number of carbonyl (C=O) groups is 2. The van der Waals surface area contributed by atoms with Gasteiger partial charge in [-0.15, -0.1) is 0 Å². The molecule has 0 radical (unpaired) electrons. The highest BCUT2D eigenvalue weighted by Gasteiger charge is 2.41. The van der Waals surface area contributed by atoms with Crippen molar-refractivity contribution in [1.82, 2.24) is 5.32 Å². The second kappa shape index (κ2) is 6.21. The van der Waals surface area contributed by atoms with E-state index in [4.69, 9.17) is 5.11 Å². The fourth-order valence-electron chi connectivity index (χ4n) is 2.65. The van der Waals surface area contributed by atoms with Crippen LogP contribution < -0.4 is 5.32 Å². The molecule has 0 unspecified atom stereocenters. The summed E-state index contributed by atoms with van der Waals surface area (Å²) < 4.78 is 0. The van der Waals surface area contributed by atoms with Crippen molar-refractivity contribution >= 4 is 11.9 Å². The molecule has 0 aromatic heterocycles. The fraction of sp³-hybridized carbons (Fsp3) is 0.857. The van der Waals surface area contributed by atoms with E-state index in [0.717, 1.165) is 18.4 Å². The van der Waals surface area contributed by atoms with Gasteiger partial charge in [0.2, 0.25) is 5.91 Å². The molecule has 0 spiro atoms. The smallest absolute Gasteiger partial charge is 0.303 e. The number of unbranched alkanes of at least 4 members (excludes halogenated alkanes) is 1. The van der Waals surface area contributed by atoms with Gasteiger partial charge in [0.25, 0.3) is 0 Å². The summed E-state index contributed by atoms with van der Waals surface area (Å²) in [5.41, 5.74) is 0. The predicted molar refractivity (Wildman–Crippen MR) is 68.1 cm³/mol. The van der Waals surface area contributed by atoms with Gasteiger partial charge in [-0.05, 0) is 56.3 Å². The van der Waals surface area contributed by atoms with E-state index >= 15 is 0 Å². The highest BCUT2D eigenvalue weighted by Crippen LogP contribution is 2.48. The molecule has 102 valence electrons. The van der Waals surface area contributed by atoms with Crippen molar-refractivity contribution in [2.75, 3.05) is 6.54 Å². The number of carboxylic acid groups (broad SMARTS) is 1. The van der Waals surface area contributed by atoms with Crippen molar-refractivity contribution in [3.05, 3.63) is 0 Å². The van der Waals surface area contributed by atoms with Gasteiger partial charge in [0, 0.05) is 19.4 Å². The lowest BCUT2D eigenvalue weighted by Gasteiger charge is -2.16. The van der Waals surface area contributed by atoms with Crippen LogP contribution in [0, 0.1) is 17.8 Å². The van der Waals surface area contributed by atoms with Crippen LogP contribution in [-0.2, 0) is 9.59 Å². The molecule has 4 heteroatoms. The van der Waals surface area contributed by atoms with Crippen molar-refractivity contribution in [3.8, 4) is 0 Å². The second-order valence-electron chi connectivity index (χ2n) is 5.74. The van der Waals surface area contributed by atoms with Gasteiger partial charge in [0.1, 0.15) is 0 Å². The normalized spacial score (nSPS) is 18.9. The molecular formula is C14H23NO3. The van der Waals surface area contributed by atoms with Gasteiger partial charge >= 0.3 is 5.97 Å². The molecule has 0 heterocycles. The fourth-order valence-corrected chi connectivity index (χ4v) is 2.65. The number of rotatable bonds is 9. The SMILES string of the molecule is O=C(O)CCCCC(=O)NCC(C1CC1)C1CC1. The summed E-state index contributed by atoms with van der Waals surface area (Å²) in [4.78, 5) is 21.9. The van der Waals surface area contributed by atoms with E-state index in [1.54, 1.807) is 0 Å². The standard InChI is InChI=1S/C14H23NO3/c16-13(3-1-2-4-14(17)18)15-9-12(10-5-6-10)11-7-8-11/h10-12H,1-9H2,(H,15,16)(H,17,18). The summed E-state index contributed by atoms with van der Waals surface area (Å²) in [6.07, 6.45) is 7.28. The van der Waals surface area contributed by atoms with E-state index in [1.807, 2.05) is 0 Å². The lowest BCUT2D eigenvalue weighted by atomic mass is 9.98. The molecule has 2 saturated carbocycles. The summed E-state index contributed by atoms with van der Waals surface area (Å²) in [6, 6.07) is 0. The second-order valence-corrected chi connectivity index (χ2v) is 5.74. The van der Waals surface area contributed by atoms with Crippen LogP contribution in [0.25, 0.3) is 0 Å². The van der Waals surface area contributed by atoms with Crippen molar-refractivity contribution in [2.24, 2.45) is 17.8 Å². The third-order valence-electron chi connectivity index (χ3n) is 4.03. The molecule has 0 aromatic rings. The Balaban J connectivity index is 1.54. The molecule has 4 nitrogen and oxygen atoms in total. The number of hydrogen-bond donors (Lipinski definition) is 2. The molecule has 2 aliphatic carbocycles. The van der Waals surface area contributed by atoms with Crippen LogP contribution in [-0.4, -0.2) is 23.5 Å². The maximum atomic E-state index is 11.6. The molecule has 0 saturated heterocycles. The number of aliphatic carboxylic acids is 1. The molecular weight excluding hydrogens is 230 g/mol. The summed E-state index contributed by atoms with van der Waals surface area (Å²) in [7, 11) is 0. The summed E-state index contributed by atoms with van der Waals surface area (Å²) >= 11 is 0. The Morgan fingerprint density at radius 1 is 1.06 bits per heavy atom. The summed E-state index contributed by atoms with van der Waals surface area (Å²) in [5, 5.41) is 11.5. The molecule has 2 fully saturated rings. The quantitative estimate of drug-likeness (QED) is 0.619. The molecule has 0 aliphatic heterocycles. The molecule has 2 rings (SSSR count). The van der Waals surface area contributed by atoms with Gasteiger partial charge in [-0.25, -0.2) is 0 Å². The third-order valence-corrected chi connectivity index (χ3v) is 4.03. The van der Waals surface area contributed by atoms with Crippen LogP contribution >= 0.6 is 0 Å². The van der Waals surface area contributed by atoms with E-state index < -0.39 is 5.97 Å². The van der Waals surface area contributed by atoms with Gasteiger partial charge in [-0.2, -0.15) is 0 Å². The van der Waals surface area contributed by atoms with E-state index in [9.17, 15) is 9.59 Å². The minimum Gasteiger partial charge on any atom is -0.481 e. The first-order valence-corrected chi connectivity index (χ1v) is 7.15. The lowest BCUT2D eigenvalue weighted by molar-refractivity contribution is -0.137. The Bertz CT molecular complexity index is 296. The average Bonchev–Trinajstić information content (AvgIpc) is 3.15. The molecule has 0 bridgehead atoms. The molecule has 18 heavy (non-hydrogen) atoms. The molecule has 0 atom stereocenters. The van der Waals surface area contributed by atoms with Crippen molar-refractivity contribution < 1.29 is 14.7 Å². The summed E-state index contributed by atoms with van der Waals surface area (Å²) in [6.45, 7) is 0.840. The number of hydrogen-bond acceptors (Lipinski definition) is 2. The van der Waals surface area contributed by atoms with E-state index in [0.29, 0.717) is 25.2 Å². The van der Waals surface area contributed by atoms with E-state index in [-0.39, 0.29) is 12.3 Å². The van der Waals surface area contributed by atoms with E-state index in [2.05, 4.69) is 5.32 Å². The van der Waals surface area contributed by atoms with Crippen LogP contribution in [0.3, 0.4) is 0 Å². The van der Waals surface area contributed by atoms with Gasteiger partial charge in [-0.3, -0.25) is 9.59 Å². The summed E-state index contributed by atoms with van der Waals surface area (Å²) in [5.74, 6) is 1.76. The highest BCUT2D eigenvalue weighted by molar-refractivity contribution is 5.75. The molecule has 1 amide bonds. The van der Waals surface area contributed by atoms with E-state index in [1.165, 1.54) is 25.7 Å². The zero-order valence-corrected chi connectivity index (χ0v) is 10.9. The third kappa shape index (κ3) is 4.67. The van der Waals surface area contributed by atoms with Crippen molar-refractivity contribution in [3.63, 3.8) is 0 Å². The number of amides is 1. The largest absolute Gasteiger partial charge is 0.481 e. The maximum absolute atomic E-state index is 11.6. The maximum Gasteiger partial charge on any atom is 0.303 e. The van der Waals surface area contributed by atoms with Crippen LogP contribution in [0.4, 0.5) is 0 Å². The zero-order chi connectivity index (χ0) is 13.0. The molecule has 2 aliphatic rings. The van der Waals surface area contributed by atoms with Gasteiger partial charge < -0.3 is 10.4 Å². The first-order valence-electron chi connectivity index (χ1n) is 7.15. The van der Waals surface area contributed by atoms with Crippen molar-refractivity contribution in [1.29, 1.82) is 0 Å². The Labute approximate surface area is 108 Å². The topological polar surface area (TPSA) is 66.4 Å². The van der Waals surface area contributed by atoms with Crippen molar-refractivity contribution in [2.45, 2.75) is 51.4 Å². The number of nitrogens with one attached hydrogen (secondary N) is 1. The zero-order valence-electron chi connectivity index (χ0n) is 10.9. The Kier molecular flexibility index (Phi) is 4.61. The minimum atomic E-state index is -0.780. The molecule has 2 N–H and O–H groups in total. The van der Waals surface area contributed by atoms with Gasteiger partial charge in [-0.1, -0.05) is 0 Å². The molecule has 0 aromatic carbocycles. The lowest BCUT2D eigenvalue weighted by Crippen LogP contribution is -2.30. The number of carboxylic acids is 1. The Morgan fingerprint density at radius 2 is 1.61 bits per heavy atom. The Morgan fingerprint density at radius 3 is 2.11 bits per heavy atom. The predicted octanol–water partition coefficient (Wildman–Crippen LogP) is 2.18. The van der Waals surface area contributed by atoms with Gasteiger partial charge in [0.05, 0.1) is 0 Å². The highest BCUT2D eigenvalue weighted by atomic mass is 16.4. The number of carbonyl (C=O) groups excluding carboxylic acids is 1. The first kappa shape index (κ1) is 13.4. The van der Waals surface area contributed by atoms with Crippen LogP contribution in [0.5, 0.6) is 0 Å². The monoisotopic (exact) mass is 253 g/mol. The first-order chi connectivity index (χ1) is 8.66. The van der Waals surface area contributed by atoms with Gasteiger partial charge in [0.15, 0.2) is 0 Å². The average molecular weight is 253 g/mol. The van der Waals surface area contributed by atoms with Crippen LogP contribution in [0.1, 0.15) is 51.4 Å². The Hall–Kier alpha value is -1.06. The van der Waals surface area contributed by atoms with Crippen LogP contribution in [0.2, 0.25) is 0 Å². The van der Waals surface area contributed by atoms with Crippen LogP contribution in [0.15, 0.2) is 0 Å².